The summed E-state index contributed by atoms with van der Waals surface area (Å²) in [5, 5.41) is 10.0. The third kappa shape index (κ3) is 3.67. The fraction of sp³-hybridized carbons (Fsp3) is 0.462. The number of rotatable bonds is 3. The van der Waals surface area contributed by atoms with Gasteiger partial charge in [0.25, 0.3) is 0 Å². The van der Waals surface area contributed by atoms with E-state index in [-0.39, 0.29) is 18.0 Å². The Kier molecular flexibility index (Phi) is 3.42. The number of aromatic nitrogens is 3. The lowest BCUT2D eigenvalue weighted by Crippen LogP contribution is -2.43. The summed E-state index contributed by atoms with van der Waals surface area (Å²) in [6.07, 6.45) is 1.89. The van der Waals surface area contributed by atoms with E-state index in [9.17, 15) is 4.79 Å². The maximum atomic E-state index is 11.7. The van der Waals surface area contributed by atoms with Gasteiger partial charge in [-0.3, -0.25) is 4.79 Å². The van der Waals surface area contributed by atoms with Crippen LogP contribution in [0.4, 0.5) is 5.95 Å². The minimum Gasteiger partial charge on any atom is -0.350 e. The van der Waals surface area contributed by atoms with E-state index < -0.39 is 0 Å². The Morgan fingerprint density at radius 2 is 2.11 bits per heavy atom. The molecule has 102 valence electrons. The van der Waals surface area contributed by atoms with Gasteiger partial charge < -0.3 is 10.6 Å². The van der Waals surface area contributed by atoms with Crippen molar-refractivity contribution in [3.05, 3.63) is 23.9 Å². The molecule has 0 fully saturated rings. The van der Waals surface area contributed by atoms with Gasteiger partial charge in [0.05, 0.1) is 6.54 Å². The van der Waals surface area contributed by atoms with Gasteiger partial charge >= 0.3 is 0 Å². The molecular formula is C13H19N5O. The number of hydrogen-bond acceptors (Lipinski definition) is 4. The SMILES string of the molecule is Cc1ccc2nc(NCC(=O)NC(C)(C)C)nn2c1. The molecule has 6 nitrogen and oxygen atoms in total. The molecule has 1 amide bonds. The number of aryl methyl sites for hydroxylation is 1. The second kappa shape index (κ2) is 4.87. The fourth-order valence-corrected chi connectivity index (χ4v) is 1.68. The monoisotopic (exact) mass is 261 g/mol. The summed E-state index contributed by atoms with van der Waals surface area (Å²) in [6, 6.07) is 3.86. The highest BCUT2D eigenvalue weighted by atomic mass is 16.2. The first kappa shape index (κ1) is 13.3. The van der Waals surface area contributed by atoms with Gasteiger partial charge in [0.2, 0.25) is 11.9 Å². The number of nitrogens with one attached hydrogen (secondary N) is 2. The van der Waals surface area contributed by atoms with Crippen molar-refractivity contribution in [1.29, 1.82) is 0 Å². The smallest absolute Gasteiger partial charge is 0.243 e. The number of hydrogen-bond donors (Lipinski definition) is 2. The van der Waals surface area contributed by atoms with Crippen LogP contribution in [0.3, 0.4) is 0 Å². The summed E-state index contributed by atoms with van der Waals surface area (Å²) >= 11 is 0. The molecule has 2 aromatic heterocycles. The van der Waals surface area contributed by atoms with Crippen molar-refractivity contribution in [3.8, 4) is 0 Å². The molecule has 2 rings (SSSR count). The van der Waals surface area contributed by atoms with Crippen LogP contribution in [0.1, 0.15) is 26.3 Å². The van der Waals surface area contributed by atoms with Gasteiger partial charge in [-0.1, -0.05) is 6.07 Å². The minimum absolute atomic E-state index is 0.0810. The molecule has 0 saturated carbocycles. The van der Waals surface area contributed by atoms with Crippen LogP contribution in [-0.2, 0) is 4.79 Å². The van der Waals surface area contributed by atoms with Crippen molar-refractivity contribution >= 4 is 17.5 Å². The summed E-state index contributed by atoms with van der Waals surface area (Å²) in [5.41, 5.74) is 1.63. The lowest BCUT2D eigenvalue weighted by Gasteiger charge is -2.20. The highest BCUT2D eigenvalue weighted by Crippen LogP contribution is 2.06. The molecule has 0 aromatic carbocycles. The van der Waals surface area contributed by atoms with Crippen LogP contribution in [-0.4, -0.2) is 32.6 Å². The molecule has 0 radical (unpaired) electrons. The minimum atomic E-state index is -0.234. The van der Waals surface area contributed by atoms with Crippen LogP contribution in [0.15, 0.2) is 18.3 Å². The Bertz CT molecular complexity index is 597. The lowest BCUT2D eigenvalue weighted by molar-refractivity contribution is -0.120. The molecule has 6 heteroatoms. The number of carbonyl (C=O) groups excluding carboxylic acids is 1. The number of carbonyl (C=O) groups is 1. The quantitative estimate of drug-likeness (QED) is 0.875. The third-order valence-corrected chi connectivity index (χ3v) is 2.40. The van der Waals surface area contributed by atoms with E-state index in [2.05, 4.69) is 20.7 Å². The van der Waals surface area contributed by atoms with Crippen LogP contribution in [0.25, 0.3) is 5.65 Å². The average Bonchev–Trinajstić information content (AvgIpc) is 2.66. The first-order chi connectivity index (χ1) is 8.83. The number of nitrogens with zero attached hydrogens (tertiary/aromatic N) is 3. The molecule has 2 aromatic rings. The van der Waals surface area contributed by atoms with Crippen molar-refractivity contribution in [1.82, 2.24) is 19.9 Å². The lowest BCUT2D eigenvalue weighted by atomic mass is 10.1. The molecule has 0 spiro atoms. The summed E-state index contributed by atoms with van der Waals surface area (Å²) in [7, 11) is 0. The Balaban J connectivity index is 2.00. The zero-order valence-electron chi connectivity index (χ0n) is 11.7. The van der Waals surface area contributed by atoms with E-state index in [1.807, 2.05) is 46.0 Å². The molecule has 0 aliphatic heterocycles. The molecule has 0 saturated heterocycles. The second-order valence-corrected chi connectivity index (χ2v) is 5.60. The van der Waals surface area contributed by atoms with Gasteiger partial charge in [0.15, 0.2) is 5.65 Å². The van der Waals surface area contributed by atoms with Crippen LogP contribution in [0.5, 0.6) is 0 Å². The first-order valence-corrected chi connectivity index (χ1v) is 6.21. The van der Waals surface area contributed by atoms with Gasteiger partial charge in [0.1, 0.15) is 0 Å². The maximum Gasteiger partial charge on any atom is 0.243 e. The van der Waals surface area contributed by atoms with Gasteiger partial charge in [0, 0.05) is 11.7 Å². The maximum absolute atomic E-state index is 11.7. The summed E-state index contributed by atoms with van der Waals surface area (Å²) < 4.78 is 1.69. The fourth-order valence-electron chi connectivity index (χ4n) is 1.68. The first-order valence-electron chi connectivity index (χ1n) is 6.21. The Morgan fingerprint density at radius 3 is 2.79 bits per heavy atom. The van der Waals surface area contributed by atoms with E-state index in [4.69, 9.17) is 0 Å². The normalized spacial score (nSPS) is 11.6. The van der Waals surface area contributed by atoms with Gasteiger partial charge in [-0.25, -0.2) is 4.52 Å². The van der Waals surface area contributed by atoms with E-state index in [1.54, 1.807) is 4.52 Å². The molecule has 0 atom stereocenters. The molecule has 2 N–H and O–H groups in total. The Morgan fingerprint density at radius 1 is 1.37 bits per heavy atom. The largest absolute Gasteiger partial charge is 0.350 e. The topological polar surface area (TPSA) is 71.3 Å². The highest BCUT2D eigenvalue weighted by molar-refractivity contribution is 5.80. The molecule has 0 aliphatic rings. The molecular weight excluding hydrogens is 242 g/mol. The summed E-state index contributed by atoms with van der Waals surface area (Å²) in [5.74, 6) is 0.372. The number of anilines is 1. The molecule has 0 bridgehead atoms. The molecule has 0 aliphatic carbocycles. The number of pyridine rings is 1. The molecule has 19 heavy (non-hydrogen) atoms. The van der Waals surface area contributed by atoms with Gasteiger partial charge in [-0.2, -0.15) is 4.98 Å². The van der Waals surface area contributed by atoms with Crippen molar-refractivity contribution in [2.75, 3.05) is 11.9 Å². The average molecular weight is 261 g/mol. The van der Waals surface area contributed by atoms with Crippen molar-refractivity contribution in [3.63, 3.8) is 0 Å². The van der Waals surface area contributed by atoms with Crippen molar-refractivity contribution in [2.24, 2.45) is 0 Å². The van der Waals surface area contributed by atoms with E-state index in [0.717, 1.165) is 11.2 Å². The van der Waals surface area contributed by atoms with Crippen molar-refractivity contribution < 1.29 is 4.79 Å². The number of fused-ring (bicyclic) bond motifs is 1. The number of amides is 1. The molecule has 2 heterocycles. The van der Waals surface area contributed by atoms with E-state index >= 15 is 0 Å². The van der Waals surface area contributed by atoms with Crippen LogP contribution in [0, 0.1) is 6.92 Å². The molecule has 0 unspecified atom stereocenters. The van der Waals surface area contributed by atoms with Crippen LogP contribution >= 0.6 is 0 Å². The third-order valence-electron chi connectivity index (χ3n) is 2.40. The zero-order valence-corrected chi connectivity index (χ0v) is 11.7. The second-order valence-electron chi connectivity index (χ2n) is 5.60. The van der Waals surface area contributed by atoms with Crippen LogP contribution in [0.2, 0.25) is 0 Å². The zero-order chi connectivity index (χ0) is 14.0. The van der Waals surface area contributed by atoms with E-state index in [0.29, 0.717) is 5.95 Å². The van der Waals surface area contributed by atoms with E-state index in [1.165, 1.54) is 0 Å². The highest BCUT2D eigenvalue weighted by Gasteiger charge is 2.13. The Labute approximate surface area is 112 Å². The summed E-state index contributed by atoms with van der Waals surface area (Å²) in [6.45, 7) is 7.97. The predicted molar refractivity (Wildman–Crippen MR) is 74.1 cm³/mol. The standard InChI is InChI=1S/C13H19N5O/c1-9-5-6-10-15-12(17-18(10)8-9)14-7-11(19)16-13(2,3)4/h5-6,8H,7H2,1-4H3,(H,14,17)(H,16,19). The Hall–Kier alpha value is -2.11. The summed E-state index contributed by atoms with van der Waals surface area (Å²) in [4.78, 5) is 15.9. The van der Waals surface area contributed by atoms with Gasteiger partial charge in [-0.05, 0) is 39.3 Å². The van der Waals surface area contributed by atoms with Gasteiger partial charge in [-0.15, -0.1) is 5.10 Å². The van der Waals surface area contributed by atoms with Crippen molar-refractivity contribution in [2.45, 2.75) is 33.2 Å². The predicted octanol–water partition coefficient (Wildman–Crippen LogP) is 1.36. The van der Waals surface area contributed by atoms with Crippen LogP contribution < -0.4 is 10.6 Å².